The summed E-state index contributed by atoms with van der Waals surface area (Å²) in [7, 11) is 0. The highest BCUT2D eigenvalue weighted by molar-refractivity contribution is 6.29. The number of aromatic nitrogens is 7. The van der Waals surface area contributed by atoms with Gasteiger partial charge in [-0.2, -0.15) is 0 Å². The van der Waals surface area contributed by atoms with Crippen LogP contribution in [0.5, 0.6) is 0 Å². The summed E-state index contributed by atoms with van der Waals surface area (Å²) in [5, 5.41) is 0.522. The zero-order chi connectivity index (χ0) is 36.1. The van der Waals surface area contributed by atoms with E-state index >= 15 is 0 Å². The predicted molar refractivity (Wildman–Crippen MR) is 202 cm³/mol. The second-order valence-electron chi connectivity index (χ2n) is 14.4. The largest absolute Gasteiger partial charge is 0.315 e. The fourth-order valence-electron chi connectivity index (χ4n) is 8.34. The number of hydrogen-bond donors (Lipinski definition) is 0. The molecule has 5 aromatic heterocycles. The second kappa shape index (κ2) is 13.6. The van der Waals surface area contributed by atoms with E-state index in [4.69, 9.17) is 21.6 Å². The third-order valence-electron chi connectivity index (χ3n) is 11.0. The monoisotopic (exact) mass is 729 g/mol. The number of hydrogen-bond acceptors (Lipinski definition) is 5. The van der Waals surface area contributed by atoms with Crippen molar-refractivity contribution in [3.05, 3.63) is 142 Å². The molecule has 3 aliphatic rings. The first-order valence-corrected chi connectivity index (χ1v) is 18.8. The minimum Gasteiger partial charge on any atom is -0.315 e. The molecule has 7 heterocycles. The fraction of sp³-hybridized carbons (Fsp3) is 0.310. The van der Waals surface area contributed by atoms with Gasteiger partial charge < -0.3 is 13.7 Å². The van der Waals surface area contributed by atoms with E-state index in [0.717, 1.165) is 70.9 Å². The molecule has 2 atom stereocenters. The Balaban J connectivity index is 0.000000165. The van der Waals surface area contributed by atoms with Crippen LogP contribution in [-0.4, -0.2) is 39.6 Å². The van der Waals surface area contributed by atoms with Crippen molar-refractivity contribution in [2.24, 2.45) is 5.92 Å². The third-order valence-corrected chi connectivity index (χ3v) is 11.3. The summed E-state index contributed by atoms with van der Waals surface area (Å²) >= 11 is 6.02. The summed E-state index contributed by atoms with van der Waals surface area (Å²) in [6.45, 7) is 0.483. The maximum absolute atomic E-state index is 13.4. The zero-order valence-electron chi connectivity index (χ0n) is 29.1. The lowest BCUT2D eigenvalue weighted by Gasteiger charge is -2.28. The Labute approximate surface area is 310 Å². The van der Waals surface area contributed by atoms with Crippen molar-refractivity contribution in [3.8, 4) is 11.3 Å². The third kappa shape index (κ3) is 6.54. The van der Waals surface area contributed by atoms with Gasteiger partial charge in [0.1, 0.15) is 27.8 Å². The van der Waals surface area contributed by atoms with Gasteiger partial charge in [0.15, 0.2) is 11.3 Å². The SMILES string of the molecule is Clc1ccc2nc3n(c2n1)[C@@H](c1ccccc1)CC3.O=c1cc(-c2ccc3nc4n(c3n2)[C@@H](c2ccccc2)CC4)ccn1CC1CCC(F)(F)CC1. The first-order valence-electron chi connectivity index (χ1n) is 18.4. The molecular weight excluding hydrogens is 692 g/mol. The number of alkyl halides is 2. The first kappa shape index (κ1) is 33.6. The summed E-state index contributed by atoms with van der Waals surface area (Å²) in [6, 6.07) is 32.6. The minimum absolute atomic E-state index is 0.0892. The Hall–Kier alpha value is -5.22. The van der Waals surface area contributed by atoms with Crippen LogP contribution in [0.2, 0.25) is 5.15 Å². The standard InChI is InChI=1S/C27H26F2N4O.C15H12ClN3/c28-27(29)13-10-18(11-14-27)17-32-15-12-20(16-25(32)34)21-6-7-22-26(31-21)33-23(8-9-24(33)30-22)19-4-2-1-3-5-19;16-13-8-6-11-15(18-13)19-12(7-9-14(19)17-11)10-4-2-1-3-5-10/h1-7,12,15-16,18,23H,8-11,13-14,17H2;1-6,8,12H,7,9H2/t23-;12-/m11/s1. The Bertz CT molecular complexity index is 2480. The fourth-order valence-corrected chi connectivity index (χ4v) is 8.48. The predicted octanol–water partition coefficient (Wildman–Crippen LogP) is 9.24. The van der Waals surface area contributed by atoms with Crippen molar-refractivity contribution >= 4 is 33.9 Å². The van der Waals surface area contributed by atoms with Gasteiger partial charge in [-0.15, -0.1) is 0 Å². The van der Waals surface area contributed by atoms with Crippen LogP contribution in [0.25, 0.3) is 33.6 Å². The van der Waals surface area contributed by atoms with E-state index < -0.39 is 5.92 Å². The molecule has 268 valence electrons. The highest BCUT2D eigenvalue weighted by Gasteiger charge is 2.35. The molecule has 0 amide bonds. The molecule has 10 rings (SSSR count). The van der Waals surface area contributed by atoms with E-state index in [1.54, 1.807) is 22.9 Å². The van der Waals surface area contributed by atoms with Gasteiger partial charge in [0.25, 0.3) is 5.56 Å². The van der Waals surface area contributed by atoms with E-state index in [-0.39, 0.29) is 30.4 Å². The van der Waals surface area contributed by atoms with Crippen LogP contribution < -0.4 is 5.56 Å². The molecule has 2 aromatic carbocycles. The molecule has 8 nitrogen and oxygen atoms in total. The number of halogens is 3. The average Bonchev–Trinajstić information content (AvgIpc) is 3.95. The van der Waals surface area contributed by atoms with Crippen LogP contribution in [0.1, 0.15) is 73.4 Å². The Morgan fingerprint density at radius 1 is 0.679 bits per heavy atom. The van der Waals surface area contributed by atoms with E-state index in [1.807, 2.05) is 36.4 Å². The van der Waals surface area contributed by atoms with Gasteiger partial charge in [-0.1, -0.05) is 72.3 Å². The van der Waals surface area contributed by atoms with Crippen LogP contribution in [0.15, 0.2) is 108 Å². The topological polar surface area (TPSA) is 83.4 Å². The molecule has 0 saturated heterocycles. The molecule has 0 bridgehead atoms. The van der Waals surface area contributed by atoms with Gasteiger partial charge in [-0.25, -0.2) is 28.7 Å². The molecule has 7 aromatic rings. The van der Waals surface area contributed by atoms with Gasteiger partial charge in [0.2, 0.25) is 5.92 Å². The van der Waals surface area contributed by atoms with Crippen LogP contribution in [-0.2, 0) is 19.4 Å². The normalized spacial score (nSPS) is 19.2. The number of nitrogens with zero attached hydrogens (tertiary/aromatic N) is 7. The Morgan fingerprint density at radius 2 is 1.25 bits per heavy atom. The van der Waals surface area contributed by atoms with Crippen molar-refractivity contribution in [1.29, 1.82) is 0 Å². The molecular formula is C42H38ClF2N7O. The van der Waals surface area contributed by atoms with Crippen molar-refractivity contribution < 1.29 is 8.78 Å². The number of rotatable bonds is 5. The molecule has 2 aliphatic heterocycles. The molecule has 11 heteroatoms. The van der Waals surface area contributed by atoms with Crippen LogP contribution in [0, 0.1) is 5.92 Å². The number of pyridine rings is 3. The molecule has 0 unspecified atom stereocenters. The van der Waals surface area contributed by atoms with Gasteiger partial charge in [0, 0.05) is 50.1 Å². The van der Waals surface area contributed by atoms with Crippen molar-refractivity contribution in [1.82, 2.24) is 33.6 Å². The molecule has 0 N–H and O–H groups in total. The van der Waals surface area contributed by atoms with Crippen LogP contribution >= 0.6 is 11.6 Å². The van der Waals surface area contributed by atoms with Crippen LogP contribution in [0.3, 0.4) is 0 Å². The van der Waals surface area contributed by atoms with Gasteiger partial charge in [-0.05, 0) is 73.1 Å². The van der Waals surface area contributed by atoms with Crippen molar-refractivity contribution in [2.45, 2.75) is 75.9 Å². The number of imidazole rings is 2. The second-order valence-corrected chi connectivity index (χ2v) is 14.8. The number of fused-ring (bicyclic) bond motifs is 6. The number of aryl methyl sites for hydroxylation is 2. The summed E-state index contributed by atoms with van der Waals surface area (Å²) in [5.41, 5.74) is 7.44. The average molecular weight is 730 g/mol. The minimum atomic E-state index is -2.55. The van der Waals surface area contributed by atoms with E-state index in [2.05, 4.69) is 67.6 Å². The van der Waals surface area contributed by atoms with Gasteiger partial charge in [-0.3, -0.25) is 4.79 Å². The summed E-state index contributed by atoms with van der Waals surface area (Å²) in [4.78, 5) is 31.6. The van der Waals surface area contributed by atoms with Crippen molar-refractivity contribution in [3.63, 3.8) is 0 Å². The first-order chi connectivity index (χ1) is 25.8. The Kier molecular flexibility index (Phi) is 8.65. The van der Waals surface area contributed by atoms with Gasteiger partial charge in [0.05, 0.1) is 17.8 Å². The van der Waals surface area contributed by atoms with Crippen molar-refractivity contribution in [2.75, 3.05) is 0 Å². The highest BCUT2D eigenvalue weighted by atomic mass is 35.5. The smallest absolute Gasteiger partial charge is 0.251 e. The maximum Gasteiger partial charge on any atom is 0.251 e. The van der Waals surface area contributed by atoms with E-state index in [0.29, 0.717) is 30.6 Å². The summed E-state index contributed by atoms with van der Waals surface area (Å²) in [5.74, 6) is -0.286. The van der Waals surface area contributed by atoms with Crippen LogP contribution in [0.4, 0.5) is 8.78 Å². The van der Waals surface area contributed by atoms with Gasteiger partial charge >= 0.3 is 0 Å². The lowest BCUT2D eigenvalue weighted by atomic mass is 9.87. The highest BCUT2D eigenvalue weighted by Crippen LogP contribution is 2.38. The molecule has 53 heavy (non-hydrogen) atoms. The number of benzene rings is 2. The molecule has 1 saturated carbocycles. The lowest BCUT2D eigenvalue weighted by Crippen LogP contribution is -2.29. The molecule has 0 spiro atoms. The zero-order valence-corrected chi connectivity index (χ0v) is 29.8. The molecule has 1 fully saturated rings. The van der Waals surface area contributed by atoms with E-state index in [1.165, 1.54) is 11.1 Å². The van der Waals surface area contributed by atoms with E-state index in [9.17, 15) is 13.6 Å². The quantitative estimate of drug-likeness (QED) is 0.165. The summed E-state index contributed by atoms with van der Waals surface area (Å²) < 4.78 is 33.0. The summed E-state index contributed by atoms with van der Waals surface area (Å²) in [6.07, 6.45) is 6.48. The lowest BCUT2D eigenvalue weighted by molar-refractivity contribution is -0.0474. The molecule has 1 aliphatic carbocycles. The Morgan fingerprint density at radius 3 is 1.83 bits per heavy atom. The maximum atomic E-state index is 13.4. The molecule has 0 radical (unpaired) electrons.